The molecule has 1 aromatic rings. The number of ether oxygens (including phenoxy) is 1. The van der Waals surface area contributed by atoms with Gasteiger partial charge in [0.25, 0.3) is 5.91 Å². The van der Waals surface area contributed by atoms with E-state index in [2.05, 4.69) is 10.6 Å². The minimum absolute atomic E-state index is 0.153. The molecule has 0 spiro atoms. The summed E-state index contributed by atoms with van der Waals surface area (Å²) in [6, 6.07) is 3.82. The normalized spacial score (nSPS) is 20.5. The maximum Gasteiger partial charge on any atom is 0.408 e. The van der Waals surface area contributed by atoms with E-state index in [9.17, 15) is 29.4 Å². The summed E-state index contributed by atoms with van der Waals surface area (Å²) in [6.07, 6.45) is 0.901. The lowest BCUT2D eigenvalue weighted by atomic mass is 9.78. The predicted octanol–water partition coefficient (Wildman–Crippen LogP) is 1.31. The lowest BCUT2D eigenvalue weighted by Gasteiger charge is -2.34. The standard InChI is InChI=1S/C22H31N3O7S/c1-12(22(31)13-9-7-8-10-15(13)25(5)19(22)29)16(18(27)28)24-17(26)14(11-33-6)23-20(30)32-21(2,3)4/h7-10,12,14,16,31H,11H2,1-6H3,(H,23,30)(H,24,26)(H,27,28)/t12-,14+,16+,22+/m1/s1. The Morgan fingerprint density at radius 1 is 1.21 bits per heavy atom. The molecule has 182 valence electrons. The van der Waals surface area contributed by atoms with E-state index in [1.807, 2.05) is 0 Å². The van der Waals surface area contributed by atoms with Crippen LogP contribution in [0.3, 0.4) is 0 Å². The molecule has 33 heavy (non-hydrogen) atoms. The molecule has 1 heterocycles. The van der Waals surface area contributed by atoms with Crippen molar-refractivity contribution >= 4 is 41.3 Å². The number of hydrogen-bond acceptors (Lipinski definition) is 7. The van der Waals surface area contributed by atoms with Gasteiger partial charge in [-0.2, -0.15) is 11.8 Å². The number of thioether (sulfide) groups is 1. The number of aliphatic hydroxyl groups is 1. The van der Waals surface area contributed by atoms with Gasteiger partial charge < -0.3 is 30.5 Å². The van der Waals surface area contributed by atoms with Crippen LogP contribution in [0.15, 0.2) is 24.3 Å². The van der Waals surface area contributed by atoms with Crippen molar-refractivity contribution in [2.75, 3.05) is 24.0 Å². The molecule has 10 nitrogen and oxygen atoms in total. The van der Waals surface area contributed by atoms with E-state index >= 15 is 0 Å². The van der Waals surface area contributed by atoms with Gasteiger partial charge in [-0.25, -0.2) is 9.59 Å². The molecule has 0 radical (unpaired) electrons. The van der Waals surface area contributed by atoms with Gasteiger partial charge in [-0.1, -0.05) is 25.1 Å². The van der Waals surface area contributed by atoms with Crippen LogP contribution in [-0.4, -0.2) is 70.8 Å². The number of benzene rings is 1. The third-order valence-electron chi connectivity index (χ3n) is 5.37. The molecule has 1 aliphatic heterocycles. The Hall–Kier alpha value is -2.79. The van der Waals surface area contributed by atoms with E-state index in [0.29, 0.717) is 5.69 Å². The largest absolute Gasteiger partial charge is 0.480 e. The number of fused-ring (bicyclic) bond motifs is 1. The van der Waals surface area contributed by atoms with E-state index in [0.717, 1.165) is 0 Å². The molecule has 0 bridgehead atoms. The summed E-state index contributed by atoms with van der Waals surface area (Å²) in [5, 5.41) is 26.1. The van der Waals surface area contributed by atoms with Crippen molar-refractivity contribution in [2.45, 2.75) is 51.0 Å². The zero-order valence-corrected chi connectivity index (χ0v) is 20.4. The highest BCUT2D eigenvalue weighted by atomic mass is 32.2. The van der Waals surface area contributed by atoms with Gasteiger partial charge in [-0.3, -0.25) is 9.59 Å². The highest BCUT2D eigenvalue weighted by Gasteiger charge is 2.55. The number of alkyl carbamates (subject to hydrolysis) is 1. The Morgan fingerprint density at radius 2 is 1.82 bits per heavy atom. The average molecular weight is 482 g/mol. The molecule has 0 fully saturated rings. The zero-order chi connectivity index (χ0) is 25.1. The first-order valence-corrected chi connectivity index (χ1v) is 11.7. The zero-order valence-electron chi connectivity index (χ0n) is 19.5. The third kappa shape index (κ3) is 5.59. The molecular weight excluding hydrogens is 450 g/mol. The van der Waals surface area contributed by atoms with E-state index < -0.39 is 53.1 Å². The van der Waals surface area contributed by atoms with Crippen LogP contribution in [0.25, 0.3) is 0 Å². The summed E-state index contributed by atoms with van der Waals surface area (Å²) >= 11 is 1.27. The van der Waals surface area contributed by atoms with Crippen molar-refractivity contribution in [1.82, 2.24) is 10.6 Å². The Morgan fingerprint density at radius 3 is 2.36 bits per heavy atom. The maximum atomic E-state index is 12.9. The molecule has 1 aliphatic rings. The van der Waals surface area contributed by atoms with Crippen LogP contribution in [0.4, 0.5) is 10.5 Å². The fraction of sp³-hybridized carbons (Fsp3) is 0.545. The number of likely N-dealkylation sites (N-methyl/N-ethyl adjacent to an activating group) is 1. The second kappa shape index (κ2) is 10.0. The van der Waals surface area contributed by atoms with Gasteiger partial charge >= 0.3 is 12.1 Å². The van der Waals surface area contributed by atoms with Gasteiger partial charge in [0.2, 0.25) is 5.91 Å². The summed E-state index contributed by atoms with van der Waals surface area (Å²) in [6.45, 7) is 6.41. The van der Waals surface area contributed by atoms with E-state index in [1.54, 1.807) is 51.3 Å². The van der Waals surface area contributed by atoms with Crippen molar-refractivity contribution in [3.8, 4) is 0 Å². The van der Waals surface area contributed by atoms with Gasteiger partial charge in [-0.15, -0.1) is 0 Å². The first-order valence-electron chi connectivity index (χ1n) is 10.4. The predicted molar refractivity (Wildman–Crippen MR) is 124 cm³/mol. The molecule has 0 aromatic heterocycles. The first-order chi connectivity index (χ1) is 15.2. The van der Waals surface area contributed by atoms with Crippen LogP contribution in [0.1, 0.15) is 33.3 Å². The number of para-hydroxylation sites is 1. The fourth-order valence-electron chi connectivity index (χ4n) is 3.70. The summed E-state index contributed by atoms with van der Waals surface area (Å²) in [5.41, 5.74) is -2.22. The van der Waals surface area contributed by atoms with Gasteiger partial charge in [-0.05, 0) is 33.1 Å². The first kappa shape index (κ1) is 26.5. The third-order valence-corrected chi connectivity index (χ3v) is 6.04. The summed E-state index contributed by atoms with van der Waals surface area (Å²) < 4.78 is 5.18. The van der Waals surface area contributed by atoms with Crippen molar-refractivity contribution in [2.24, 2.45) is 5.92 Å². The van der Waals surface area contributed by atoms with E-state index in [4.69, 9.17) is 4.74 Å². The van der Waals surface area contributed by atoms with Crippen molar-refractivity contribution < 1.29 is 34.1 Å². The summed E-state index contributed by atoms with van der Waals surface area (Å²) in [5.74, 6) is -3.96. The molecule has 2 rings (SSSR count). The number of nitrogens with one attached hydrogen (secondary N) is 2. The van der Waals surface area contributed by atoms with Crippen LogP contribution < -0.4 is 15.5 Å². The molecule has 0 unspecified atom stereocenters. The summed E-state index contributed by atoms with van der Waals surface area (Å²) in [7, 11) is 1.49. The maximum absolute atomic E-state index is 12.9. The Balaban J connectivity index is 2.29. The number of aliphatic carboxylic acids is 1. The molecule has 0 saturated heterocycles. The van der Waals surface area contributed by atoms with Gasteiger partial charge in [0.15, 0.2) is 5.60 Å². The van der Waals surface area contributed by atoms with Crippen molar-refractivity contribution in [1.29, 1.82) is 0 Å². The number of rotatable bonds is 8. The van der Waals surface area contributed by atoms with Gasteiger partial charge in [0.05, 0.1) is 5.69 Å². The molecule has 11 heteroatoms. The number of anilines is 1. The van der Waals surface area contributed by atoms with Gasteiger partial charge in [0.1, 0.15) is 17.7 Å². The molecule has 3 amide bonds. The topological polar surface area (TPSA) is 145 Å². The minimum atomic E-state index is -2.16. The van der Waals surface area contributed by atoms with Gasteiger partial charge in [0, 0.05) is 24.3 Å². The molecule has 4 N–H and O–H groups in total. The number of hydrogen-bond donors (Lipinski definition) is 4. The van der Waals surface area contributed by atoms with Crippen LogP contribution in [0.2, 0.25) is 0 Å². The Labute approximate surface area is 197 Å². The Bertz CT molecular complexity index is 933. The average Bonchev–Trinajstić information content (AvgIpc) is 2.92. The van der Waals surface area contributed by atoms with Crippen LogP contribution in [-0.2, 0) is 24.7 Å². The molecule has 0 saturated carbocycles. The minimum Gasteiger partial charge on any atom is -0.480 e. The second-order valence-corrected chi connectivity index (χ2v) is 9.83. The highest BCUT2D eigenvalue weighted by molar-refractivity contribution is 7.98. The second-order valence-electron chi connectivity index (χ2n) is 8.92. The number of nitrogens with zero attached hydrogens (tertiary/aromatic N) is 1. The molecule has 1 aromatic carbocycles. The smallest absolute Gasteiger partial charge is 0.408 e. The number of carbonyl (C=O) groups is 4. The number of carboxylic acid groups (broad SMARTS) is 1. The summed E-state index contributed by atoms with van der Waals surface area (Å²) in [4.78, 5) is 51.4. The lowest BCUT2D eigenvalue weighted by molar-refractivity contribution is -0.153. The monoisotopic (exact) mass is 481 g/mol. The van der Waals surface area contributed by atoms with Crippen LogP contribution in [0.5, 0.6) is 0 Å². The van der Waals surface area contributed by atoms with Crippen molar-refractivity contribution in [3.63, 3.8) is 0 Å². The quantitative estimate of drug-likeness (QED) is 0.435. The van der Waals surface area contributed by atoms with E-state index in [1.165, 1.54) is 30.6 Å². The lowest BCUT2D eigenvalue weighted by Crippen LogP contribution is -2.59. The fourth-order valence-corrected chi connectivity index (χ4v) is 4.27. The van der Waals surface area contributed by atoms with Crippen LogP contribution in [0, 0.1) is 5.92 Å². The number of carboxylic acids is 1. The molecule has 0 aliphatic carbocycles. The van der Waals surface area contributed by atoms with Crippen molar-refractivity contribution in [3.05, 3.63) is 29.8 Å². The molecule has 4 atom stereocenters. The van der Waals surface area contributed by atoms with E-state index in [-0.39, 0.29) is 11.3 Å². The Kier molecular flexibility index (Phi) is 8.02. The molecular formula is C22H31N3O7S. The number of carbonyl (C=O) groups excluding carboxylic acids is 3. The van der Waals surface area contributed by atoms with Crippen LogP contribution >= 0.6 is 11.8 Å². The SMILES string of the molecule is CSC[C@H](NC(=O)OC(C)(C)C)C(=O)N[C@H](C(=O)O)[C@@H](C)[C@@]1(O)C(=O)N(C)c2ccccc21. The number of amides is 3. The highest BCUT2D eigenvalue weighted by Crippen LogP contribution is 2.44.